The van der Waals surface area contributed by atoms with Crippen molar-refractivity contribution in [3.63, 3.8) is 0 Å². The monoisotopic (exact) mass is 261 g/mol. The molecule has 1 aromatic carbocycles. The highest BCUT2D eigenvalue weighted by molar-refractivity contribution is 5.45. The Bertz CT molecular complexity index is 360. The number of methoxy groups -OCH3 is 1. The summed E-state index contributed by atoms with van der Waals surface area (Å²) in [7, 11) is 1.83. The SMILES string of the molecule is CCCCc1ccc(NC2CCCC(OC)C2)cc1. The van der Waals surface area contributed by atoms with E-state index in [9.17, 15) is 0 Å². The zero-order valence-corrected chi connectivity index (χ0v) is 12.3. The summed E-state index contributed by atoms with van der Waals surface area (Å²) in [4.78, 5) is 0. The van der Waals surface area contributed by atoms with E-state index in [1.165, 1.54) is 49.8 Å². The molecule has 1 N–H and O–H groups in total. The predicted octanol–water partition coefficient (Wildman–Crippen LogP) is 4.40. The van der Waals surface area contributed by atoms with E-state index in [-0.39, 0.29) is 0 Å². The second-order valence-electron chi connectivity index (χ2n) is 5.67. The first kappa shape index (κ1) is 14.4. The van der Waals surface area contributed by atoms with Gasteiger partial charge in [0.1, 0.15) is 0 Å². The van der Waals surface area contributed by atoms with E-state index >= 15 is 0 Å². The molecule has 2 nitrogen and oxygen atoms in total. The number of ether oxygens (including phenoxy) is 1. The van der Waals surface area contributed by atoms with Crippen molar-refractivity contribution in [2.75, 3.05) is 12.4 Å². The highest BCUT2D eigenvalue weighted by atomic mass is 16.5. The van der Waals surface area contributed by atoms with Crippen molar-refractivity contribution in [3.05, 3.63) is 29.8 Å². The molecule has 0 radical (unpaired) electrons. The molecule has 1 aromatic rings. The summed E-state index contributed by atoms with van der Waals surface area (Å²) in [6.45, 7) is 2.24. The molecular weight excluding hydrogens is 234 g/mol. The number of aryl methyl sites for hydroxylation is 1. The van der Waals surface area contributed by atoms with Crippen LogP contribution in [0.15, 0.2) is 24.3 Å². The molecule has 0 bridgehead atoms. The molecule has 0 aromatic heterocycles. The summed E-state index contributed by atoms with van der Waals surface area (Å²) in [6.07, 6.45) is 9.06. The van der Waals surface area contributed by atoms with Crippen LogP contribution in [0.25, 0.3) is 0 Å². The van der Waals surface area contributed by atoms with Gasteiger partial charge in [-0.15, -0.1) is 0 Å². The smallest absolute Gasteiger partial charge is 0.0590 e. The molecule has 2 unspecified atom stereocenters. The number of hydrogen-bond acceptors (Lipinski definition) is 2. The summed E-state index contributed by atoms with van der Waals surface area (Å²) in [5.74, 6) is 0. The first-order valence-corrected chi connectivity index (χ1v) is 7.70. The quantitative estimate of drug-likeness (QED) is 0.819. The van der Waals surface area contributed by atoms with Gasteiger partial charge in [-0.3, -0.25) is 0 Å². The molecule has 0 amide bonds. The molecule has 106 valence electrons. The van der Waals surface area contributed by atoms with Crippen LogP contribution in [0.3, 0.4) is 0 Å². The van der Waals surface area contributed by atoms with Gasteiger partial charge in [0.2, 0.25) is 0 Å². The lowest BCUT2D eigenvalue weighted by Gasteiger charge is -2.29. The maximum atomic E-state index is 5.48. The van der Waals surface area contributed by atoms with Gasteiger partial charge in [0, 0.05) is 18.8 Å². The predicted molar refractivity (Wildman–Crippen MR) is 81.7 cm³/mol. The second-order valence-corrected chi connectivity index (χ2v) is 5.67. The van der Waals surface area contributed by atoms with Gasteiger partial charge in [-0.25, -0.2) is 0 Å². The van der Waals surface area contributed by atoms with Crippen LogP contribution in [0.2, 0.25) is 0 Å². The Labute approximate surface area is 117 Å². The summed E-state index contributed by atoms with van der Waals surface area (Å²) in [5, 5.41) is 3.65. The average Bonchev–Trinajstić information content (AvgIpc) is 2.47. The van der Waals surface area contributed by atoms with Gasteiger partial charge in [-0.2, -0.15) is 0 Å². The van der Waals surface area contributed by atoms with Gasteiger partial charge in [0.25, 0.3) is 0 Å². The zero-order chi connectivity index (χ0) is 13.5. The minimum atomic E-state index is 0.440. The Balaban J connectivity index is 1.85. The van der Waals surface area contributed by atoms with E-state index < -0.39 is 0 Å². The largest absolute Gasteiger partial charge is 0.382 e. The summed E-state index contributed by atoms with van der Waals surface area (Å²) >= 11 is 0. The Morgan fingerprint density at radius 3 is 2.68 bits per heavy atom. The molecule has 1 saturated carbocycles. The highest BCUT2D eigenvalue weighted by Gasteiger charge is 2.21. The van der Waals surface area contributed by atoms with Crippen molar-refractivity contribution < 1.29 is 4.74 Å². The van der Waals surface area contributed by atoms with Crippen molar-refractivity contribution in [2.24, 2.45) is 0 Å². The van der Waals surface area contributed by atoms with Crippen LogP contribution in [0, 0.1) is 0 Å². The number of unbranched alkanes of at least 4 members (excludes halogenated alkanes) is 1. The van der Waals surface area contributed by atoms with Crippen LogP contribution in [0.5, 0.6) is 0 Å². The van der Waals surface area contributed by atoms with Crippen molar-refractivity contribution in [3.8, 4) is 0 Å². The van der Waals surface area contributed by atoms with E-state index in [2.05, 4.69) is 36.5 Å². The zero-order valence-electron chi connectivity index (χ0n) is 12.3. The summed E-state index contributed by atoms with van der Waals surface area (Å²) < 4.78 is 5.48. The minimum Gasteiger partial charge on any atom is -0.382 e. The van der Waals surface area contributed by atoms with Crippen LogP contribution < -0.4 is 5.32 Å². The van der Waals surface area contributed by atoms with Gasteiger partial charge < -0.3 is 10.1 Å². The minimum absolute atomic E-state index is 0.440. The molecular formula is C17H27NO. The fourth-order valence-electron chi connectivity index (χ4n) is 2.87. The Kier molecular flexibility index (Phi) is 5.71. The lowest BCUT2D eigenvalue weighted by molar-refractivity contribution is 0.0669. The molecule has 19 heavy (non-hydrogen) atoms. The maximum absolute atomic E-state index is 5.48. The highest BCUT2D eigenvalue weighted by Crippen LogP contribution is 2.24. The second kappa shape index (κ2) is 7.54. The molecule has 0 saturated heterocycles. The van der Waals surface area contributed by atoms with E-state index in [1.807, 2.05) is 7.11 Å². The van der Waals surface area contributed by atoms with Crippen LogP contribution in [0.1, 0.15) is 51.0 Å². The molecule has 2 rings (SSSR count). The lowest BCUT2D eigenvalue weighted by Crippen LogP contribution is -2.30. The Morgan fingerprint density at radius 2 is 2.00 bits per heavy atom. The van der Waals surface area contributed by atoms with Crippen molar-refractivity contribution >= 4 is 5.69 Å². The first-order valence-electron chi connectivity index (χ1n) is 7.70. The fraction of sp³-hybridized carbons (Fsp3) is 0.647. The van der Waals surface area contributed by atoms with E-state index in [0.29, 0.717) is 12.1 Å². The third-order valence-corrected chi connectivity index (χ3v) is 4.10. The van der Waals surface area contributed by atoms with Gasteiger partial charge >= 0.3 is 0 Å². The molecule has 0 spiro atoms. The van der Waals surface area contributed by atoms with Crippen molar-refractivity contribution in [2.45, 2.75) is 64.0 Å². The third kappa shape index (κ3) is 4.54. The standard InChI is InChI=1S/C17H27NO/c1-3-4-6-14-9-11-15(12-10-14)18-16-7-5-8-17(13-16)19-2/h9-12,16-18H,3-8,13H2,1-2H3. The topological polar surface area (TPSA) is 21.3 Å². The summed E-state index contributed by atoms with van der Waals surface area (Å²) in [6, 6.07) is 9.53. The number of anilines is 1. The molecule has 0 aliphatic heterocycles. The number of nitrogens with one attached hydrogen (secondary N) is 1. The van der Waals surface area contributed by atoms with E-state index in [1.54, 1.807) is 0 Å². The van der Waals surface area contributed by atoms with Crippen LogP contribution in [-0.2, 0) is 11.2 Å². The van der Waals surface area contributed by atoms with Gasteiger partial charge in [0.15, 0.2) is 0 Å². The maximum Gasteiger partial charge on any atom is 0.0590 e. The molecule has 2 atom stereocenters. The first-order chi connectivity index (χ1) is 9.31. The number of hydrogen-bond donors (Lipinski definition) is 1. The fourth-order valence-corrected chi connectivity index (χ4v) is 2.87. The van der Waals surface area contributed by atoms with Crippen molar-refractivity contribution in [1.29, 1.82) is 0 Å². The molecule has 1 aliphatic carbocycles. The summed E-state index contributed by atoms with van der Waals surface area (Å²) in [5.41, 5.74) is 2.70. The number of benzene rings is 1. The Hall–Kier alpha value is -1.02. The molecule has 1 aliphatic rings. The third-order valence-electron chi connectivity index (χ3n) is 4.10. The molecule has 0 heterocycles. The van der Waals surface area contributed by atoms with Gasteiger partial charge in [-0.1, -0.05) is 25.5 Å². The number of rotatable bonds is 6. The van der Waals surface area contributed by atoms with E-state index in [4.69, 9.17) is 4.74 Å². The van der Waals surface area contributed by atoms with Crippen LogP contribution in [-0.4, -0.2) is 19.3 Å². The van der Waals surface area contributed by atoms with Crippen LogP contribution in [0.4, 0.5) is 5.69 Å². The Morgan fingerprint density at radius 1 is 1.21 bits per heavy atom. The van der Waals surface area contributed by atoms with Crippen LogP contribution >= 0.6 is 0 Å². The van der Waals surface area contributed by atoms with Gasteiger partial charge in [-0.05, 0) is 56.2 Å². The average molecular weight is 261 g/mol. The normalized spacial score (nSPS) is 23.3. The lowest BCUT2D eigenvalue weighted by atomic mass is 9.92. The van der Waals surface area contributed by atoms with Crippen molar-refractivity contribution in [1.82, 2.24) is 0 Å². The molecule has 2 heteroatoms. The van der Waals surface area contributed by atoms with E-state index in [0.717, 1.165) is 6.42 Å². The molecule has 1 fully saturated rings. The van der Waals surface area contributed by atoms with Gasteiger partial charge in [0.05, 0.1) is 6.10 Å².